The van der Waals surface area contributed by atoms with E-state index in [9.17, 15) is 14.4 Å². The van der Waals surface area contributed by atoms with Crippen molar-refractivity contribution in [2.45, 2.75) is 19.3 Å². The molecule has 1 aromatic rings. The van der Waals surface area contributed by atoms with E-state index in [1.54, 1.807) is 21.9 Å². The van der Waals surface area contributed by atoms with E-state index in [0.29, 0.717) is 57.2 Å². The first-order chi connectivity index (χ1) is 12.1. The van der Waals surface area contributed by atoms with Crippen LogP contribution in [0.5, 0.6) is 11.5 Å². The highest BCUT2D eigenvalue weighted by atomic mass is 16.6. The van der Waals surface area contributed by atoms with E-state index in [1.807, 2.05) is 6.07 Å². The van der Waals surface area contributed by atoms with Gasteiger partial charge in [-0.2, -0.15) is 0 Å². The van der Waals surface area contributed by atoms with Crippen LogP contribution in [0.25, 0.3) is 0 Å². The molecule has 7 nitrogen and oxygen atoms in total. The molecule has 2 amide bonds. The van der Waals surface area contributed by atoms with Crippen molar-refractivity contribution in [1.82, 2.24) is 4.90 Å². The summed E-state index contributed by atoms with van der Waals surface area (Å²) in [5.41, 5.74) is 0.721. The summed E-state index contributed by atoms with van der Waals surface area (Å²) in [7, 11) is 0. The Labute approximate surface area is 145 Å². The number of fused-ring (bicyclic) bond motifs is 1. The predicted molar refractivity (Wildman–Crippen MR) is 88.7 cm³/mol. The van der Waals surface area contributed by atoms with E-state index >= 15 is 0 Å². The second-order valence-electron chi connectivity index (χ2n) is 6.60. The van der Waals surface area contributed by atoms with Crippen molar-refractivity contribution in [3.8, 4) is 11.5 Å². The molecule has 0 aliphatic carbocycles. The predicted octanol–water partition coefficient (Wildman–Crippen LogP) is 1.00. The number of hydrogen-bond donors (Lipinski definition) is 0. The van der Waals surface area contributed by atoms with Crippen LogP contribution in [-0.2, 0) is 14.4 Å². The number of likely N-dealkylation sites (tertiary alicyclic amines) is 1. The van der Waals surface area contributed by atoms with Gasteiger partial charge in [-0.1, -0.05) is 0 Å². The first kappa shape index (κ1) is 15.9. The molecule has 3 aliphatic rings. The maximum absolute atomic E-state index is 12.7. The highest BCUT2D eigenvalue weighted by molar-refractivity contribution is 6.00. The van der Waals surface area contributed by atoms with Crippen molar-refractivity contribution in [1.29, 1.82) is 0 Å². The lowest BCUT2D eigenvalue weighted by atomic mass is 10.0. The Balaban J connectivity index is 1.47. The van der Waals surface area contributed by atoms with Gasteiger partial charge in [-0.05, 0) is 12.1 Å². The molecular formula is C18H20N2O5. The van der Waals surface area contributed by atoms with E-state index in [1.165, 1.54) is 0 Å². The minimum Gasteiger partial charge on any atom is -0.486 e. The highest BCUT2D eigenvalue weighted by Crippen LogP contribution is 2.36. The fraction of sp³-hybridized carbons (Fsp3) is 0.500. The van der Waals surface area contributed by atoms with Crippen LogP contribution in [0.15, 0.2) is 18.2 Å². The first-order valence-corrected chi connectivity index (χ1v) is 8.62. The lowest BCUT2D eigenvalue weighted by Crippen LogP contribution is -2.42. The average molecular weight is 344 g/mol. The average Bonchev–Trinajstić information content (AvgIpc) is 3.03. The lowest BCUT2D eigenvalue weighted by Gasteiger charge is -2.28. The number of hydrogen-bond acceptors (Lipinski definition) is 5. The van der Waals surface area contributed by atoms with E-state index in [4.69, 9.17) is 9.47 Å². The van der Waals surface area contributed by atoms with Gasteiger partial charge >= 0.3 is 0 Å². The van der Waals surface area contributed by atoms with Gasteiger partial charge < -0.3 is 19.3 Å². The molecule has 0 N–H and O–H groups in total. The monoisotopic (exact) mass is 344 g/mol. The zero-order valence-corrected chi connectivity index (χ0v) is 13.9. The molecular weight excluding hydrogens is 324 g/mol. The molecule has 0 aromatic heterocycles. The number of amides is 2. The molecule has 1 atom stereocenters. The molecule has 1 unspecified atom stereocenters. The van der Waals surface area contributed by atoms with E-state index in [-0.39, 0.29) is 29.9 Å². The Hall–Kier alpha value is -2.57. The lowest BCUT2D eigenvalue weighted by molar-refractivity contribution is -0.138. The van der Waals surface area contributed by atoms with E-state index in [2.05, 4.69) is 0 Å². The van der Waals surface area contributed by atoms with Gasteiger partial charge in [0.2, 0.25) is 11.8 Å². The number of carbonyl (C=O) groups excluding carboxylic acids is 3. The zero-order valence-electron chi connectivity index (χ0n) is 13.9. The standard InChI is InChI=1S/C18H20N2O5/c21-14-3-5-19(6-4-14)18(23)12-9-17(22)20(11-12)13-1-2-15-16(10-13)25-8-7-24-15/h1-2,10,12H,3-9,11H2. The highest BCUT2D eigenvalue weighted by Gasteiger charge is 2.38. The van der Waals surface area contributed by atoms with Crippen LogP contribution in [0.3, 0.4) is 0 Å². The summed E-state index contributed by atoms with van der Waals surface area (Å²) in [6.45, 7) is 2.30. The molecule has 4 rings (SSSR count). The molecule has 3 heterocycles. The number of carbonyl (C=O) groups is 3. The van der Waals surface area contributed by atoms with Crippen molar-refractivity contribution in [3.63, 3.8) is 0 Å². The molecule has 25 heavy (non-hydrogen) atoms. The Morgan fingerprint density at radius 2 is 1.76 bits per heavy atom. The molecule has 2 saturated heterocycles. The number of Topliss-reactive ketones (excluding diaryl/α,β-unsaturated/α-hetero) is 1. The van der Waals surface area contributed by atoms with Crippen LogP contribution in [0.2, 0.25) is 0 Å². The minimum atomic E-state index is -0.353. The number of rotatable bonds is 2. The van der Waals surface area contributed by atoms with Crippen molar-refractivity contribution >= 4 is 23.3 Å². The van der Waals surface area contributed by atoms with Crippen LogP contribution in [0, 0.1) is 5.92 Å². The molecule has 0 saturated carbocycles. The van der Waals surface area contributed by atoms with Gasteiger partial charge in [-0.3, -0.25) is 14.4 Å². The van der Waals surface area contributed by atoms with Gasteiger partial charge in [0.15, 0.2) is 11.5 Å². The minimum absolute atomic E-state index is 0.0270. The van der Waals surface area contributed by atoms with Gasteiger partial charge in [0.25, 0.3) is 0 Å². The molecule has 0 radical (unpaired) electrons. The smallest absolute Gasteiger partial charge is 0.228 e. The Bertz CT molecular complexity index is 722. The van der Waals surface area contributed by atoms with Crippen molar-refractivity contribution in [2.75, 3.05) is 37.7 Å². The first-order valence-electron chi connectivity index (χ1n) is 8.62. The van der Waals surface area contributed by atoms with Crippen molar-refractivity contribution in [2.24, 2.45) is 5.92 Å². The largest absolute Gasteiger partial charge is 0.486 e. The maximum atomic E-state index is 12.7. The summed E-state index contributed by atoms with van der Waals surface area (Å²) in [5, 5.41) is 0. The quantitative estimate of drug-likeness (QED) is 0.800. The third-order valence-corrected chi connectivity index (χ3v) is 4.94. The van der Waals surface area contributed by atoms with Crippen LogP contribution in [0.4, 0.5) is 5.69 Å². The molecule has 2 fully saturated rings. The number of piperidine rings is 1. The van der Waals surface area contributed by atoms with Gasteiger partial charge in [-0.25, -0.2) is 0 Å². The summed E-state index contributed by atoms with van der Waals surface area (Å²) in [5.74, 6) is 1.05. The SMILES string of the molecule is O=C1CCN(C(=O)C2CC(=O)N(c3ccc4c(c3)OCCO4)C2)CC1. The normalized spacial score (nSPS) is 23.1. The zero-order chi connectivity index (χ0) is 17.4. The van der Waals surface area contributed by atoms with Crippen molar-refractivity contribution < 1.29 is 23.9 Å². The molecule has 0 bridgehead atoms. The summed E-state index contributed by atoms with van der Waals surface area (Å²) in [6, 6.07) is 5.40. The van der Waals surface area contributed by atoms with Crippen molar-refractivity contribution in [3.05, 3.63) is 18.2 Å². The molecule has 0 spiro atoms. The maximum Gasteiger partial charge on any atom is 0.228 e. The Morgan fingerprint density at radius 3 is 2.52 bits per heavy atom. The Morgan fingerprint density at radius 1 is 1.04 bits per heavy atom. The number of anilines is 1. The molecule has 1 aromatic carbocycles. The van der Waals surface area contributed by atoms with Gasteiger partial charge in [-0.15, -0.1) is 0 Å². The summed E-state index contributed by atoms with van der Waals surface area (Å²) in [6.07, 6.45) is 1.04. The van der Waals surface area contributed by atoms with Gasteiger partial charge in [0.05, 0.1) is 5.92 Å². The second kappa shape index (κ2) is 6.38. The molecule has 132 valence electrons. The van der Waals surface area contributed by atoms with Gasteiger partial charge in [0.1, 0.15) is 19.0 Å². The number of nitrogens with zero attached hydrogens (tertiary/aromatic N) is 2. The third kappa shape index (κ3) is 3.06. The summed E-state index contributed by atoms with van der Waals surface area (Å²) >= 11 is 0. The fourth-order valence-corrected chi connectivity index (χ4v) is 3.56. The number of ketones is 1. The number of ether oxygens (including phenoxy) is 2. The van der Waals surface area contributed by atoms with Gasteiger partial charge in [0, 0.05) is 50.7 Å². The summed E-state index contributed by atoms with van der Waals surface area (Å²) < 4.78 is 11.1. The van der Waals surface area contributed by atoms with Crippen LogP contribution in [-0.4, -0.2) is 55.3 Å². The number of benzene rings is 1. The van der Waals surface area contributed by atoms with Crippen LogP contribution in [0.1, 0.15) is 19.3 Å². The van der Waals surface area contributed by atoms with Crippen LogP contribution < -0.4 is 14.4 Å². The topological polar surface area (TPSA) is 76.2 Å². The fourth-order valence-electron chi connectivity index (χ4n) is 3.56. The third-order valence-electron chi connectivity index (χ3n) is 4.94. The molecule has 7 heteroatoms. The van der Waals surface area contributed by atoms with Crippen LogP contribution >= 0.6 is 0 Å². The van der Waals surface area contributed by atoms with E-state index < -0.39 is 0 Å². The van der Waals surface area contributed by atoms with E-state index in [0.717, 1.165) is 5.69 Å². The molecule has 3 aliphatic heterocycles. The Kier molecular flexibility index (Phi) is 4.07. The summed E-state index contributed by atoms with van der Waals surface area (Å²) in [4.78, 5) is 39.8. The second-order valence-corrected chi connectivity index (χ2v) is 6.60.